The maximum absolute atomic E-state index is 12.8. The molecule has 0 atom stereocenters. The van der Waals surface area contributed by atoms with E-state index in [0.717, 1.165) is 31.8 Å². The molecule has 0 aliphatic rings. The van der Waals surface area contributed by atoms with Crippen LogP contribution in [0.2, 0.25) is 0 Å². The zero-order chi connectivity index (χ0) is 15.1. The van der Waals surface area contributed by atoms with Gasteiger partial charge in [-0.2, -0.15) is 0 Å². The van der Waals surface area contributed by atoms with Crippen LogP contribution in [-0.4, -0.2) is 14.5 Å². The van der Waals surface area contributed by atoms with E-state index in [-0.39, 0.29) is 5.56 Å². The van der Waals surface area contributed by atoms with Gasteiger partial charge in [-0.05, 0) is 55.7 Å². The predicted molar refractivity (Wildman–Crippen MR) is 88.8 cm³/mol. The molecule has 21 heavy (non-hydrogen) atoms. The Hall–Kier alpha value is -1.79. The molecule has 0 unspecified atom stereocenters. The van der Waals surface area contributed by atoms with Crippen LogP contribution >= 0.6 is 23.6 Å². The van der Waals surface area contributed by atoms with Gasteiger partial charge < -0.3 is 4.98 Å². The number of nitrogens with one attached hydrogen (secondary N) is 1. The molecular weight excluding hydrogens is 302 g/mol. The molecule has 0 saturated carbocycles. The zero-order valence-electron chi connectivity index (χ0n) is 12.1. The summed E-state index contributed by atoms with van der Waals surface area (Å²) in [6, 6.07) is 1.92. The van der Waals surface area contributed by atoms with Crippen molar-refractivity contribution in [1.82, 2.24) is 14.5 Å². The average molecular weight is 317 g/mol. The Labute approximate surface area is 131 Å². The molecule has 6 heteroatoms. The molecule has 0 bridgehead atoms. The number of thiophene rings is 1. The first-order valence-electron chi connectivity index (χ1n) is 6.61. The third-order valence-corrected chi connectivity index (χ3v) is 5.22. The Kier molecular flexibility index (Phi) is 3.51. The third-order valence-electron chi connectivity index (χ3n) is 3.77. The molecule has 0 fully saturated rings. The number of rotatable bonds is 2. The maximum Gasteiger partial charge on any atom is 0.263 e. The van der Waals surface area contributed by atoms with E-state index in [9.17, 15) is 4.79 Å². The van der Waals surface area contributed by atoms with Crippen LogP contribution in [0.3, 0.4) is 0 Å². The van der Waals surface area contributed by atoms with Gasteiger partial charge in [0.15, 0.2) is 4.77 Å². The molecule has 0 saturated heterocycles. The minimum absolute atomic E-state index is 0.0215. The summed E-state index contributed by atoms with van der Waals surface area (Å²) >= 11 is 6.94. The molecule has 3 aromatic heterocycles. The largest absolute Gasteiger partial charge is 0.323 e. The first kappa shape index (κ1) is 14.2. The van der Waals surface area contributed by atoms with Gasteiger partial charge in [0.1, 0.15) is 4.83 Å². The second-order valence-corrected chi connectivity index (χ2v) is 6.72. The van der Waals surface area contributed by atoms with Crippen molar-refractivity contribution in [3.05, 3.63) is 55.2 Å². The molecular formula is C15H15N3OS2. The van der Waals surface area contributed by atoms with Crippen LogP contribution in [0, 0.1) is 25.5 Å². The Morgan fingerprint density at radius 2 is 2.14 bits per heavy atom. The fourth-order valence-corrected chi connectivity index (χ4v) is 3.72. The zero-order valence-corrected chi connectivity index (χ0v) is 13.7. The summed E-state index contributed by atoms with van der Waals surface area (Å²) in [6.45, 7) is 6.45. The second kappa shape index (κ2) is 5.20. The predicted octanol–water partition coefficient (Wildman–Crippen LogP) is 3.49. The number of aryl methyl sites for hydroxylation is 3. The molecule has 0 spiro atoms. The summed E-state index contributed by atoms with van der Waals surface area (Å²) < 4.78 is 2.09. The molecule has 0 radical (unpaired) electrons. The number of H-pyrrole nitrogens is 1. The van der Waals surface area contributed by atoms with Crippen LogP contribution in [0.15, 0.2) is 23.3 Å². The molecule has 4 nitrogen and oxygen atoms in total. The van der Waals surface area contributed by atoms with E-state index in [1.54, 1.807) is 28.3 Å². The normalized spacial score (nSPS) is 11.2. The molecule has 3 aromatic rings. The van der Waals surface area contributed by atoms with Crippen molar-refractivity contribution in [1.29, 1.82) is 0 Å². The van der Waals surface area contributed by atoms with Crippen LogP contribution in [-0.2, 0) is 6.54 Å². The molecule has 0 aliphatic carbocycles. The highest BCUT2D eigenvalue weighted by molar-refractivity contribution is 7.71. The number of pyridine rings is 1. The highest BCUT2D eigenvalue weighted by Gasteiger charge is 2.13. The lowest BCUT2D eigenvalue weighted by atomic mass is 10.1. The Balaban J connectivity index is 2.24. The molecule has 0 aliphatic heterocycles. The van der Waals surface area contributed by atoms with Crippen molar-refractivity contribution in [2.45, 2.75) is 27.3 Å². The number of hydrogen-bond acceptors (Lipinski definition) is 4. The summed E-state index contributed by atoms with van der Waals surface area (Å²) in [5.74, 6) is 0. The molecule has 3 rings (SSSR count). The van der Waals surface area contributed by atoms with E-state index >= 15 is 0 Å². The highest BCUT2D eigenvalue weighted by Crippen LogP contribution is 2.25. The molecule has 3 heterocycles. The first-order chi connectivity index (χ1) is 9.99. The van der Waals surface area contributed by atoms with Gasteiger partial charge in [0.25, 0.3) is 5.56 Å². The maximum atomic E-state index is 12.8. The monoisotopic (exact) mass is 317 g/mol. The topological polar surface area (TPSA) is 50.7 Å². The number of hydrogen-bond donors (Lipinski definition) is 1. The molecule has 0 amide bonds. The summed E-state index contributed by atoms with van der Waals surface area (Å²) in [5.41, 5.74) is 3.12. The number of aromatic nitrogens is 3. The molecule has 0 aromatic carbocycles. The van der Waals surface area contributed by atoms with Gasteiger partial charge in [0.2, 0.25) is 0 Å². The Morgan fingerprint density at radius 1 is 1.38 bits per heavy atom. The number of nitrogens with zero attached hydrogens (tertiary/aromatic N) is 2. The van der Waals surface area contributed by atoms with Gasteiger partial charge in [-0.15, -0.1) is 11.3 Å². The smallest absolute Gasteiger partial charge is 0.263 e. The summed E-state index contributed by atoms with van der Waals surface area (Å²) in [5, 5.41) is 0.748. The standard InChI is InChI=1S/C15H15N3OS2/c1-8-6-16-5-4-11(8)7-18-14(19)12-9(2)10(3)21-13(12)17-15(18)20/h4-6H,7H2,1-3H3,(H,17,20). The van der Waals surface area contributed by atoms with Gasteiger partial charge >= 0.3 is 0 Å². The van der Waals surface area contributed by atoms with E-state index in [2.05, 4.69) is 9.97 Å². The van der Waals surface area contributed by atoms with Crippen LogP contribution < -0.4 is 5.56 Å². The van der Waals surface area contributed by atoms with Crippen LogP contribution in [0.25, 0.3) is 10.2 Å². The Bertz CT molecular complexity index is 950. The van der Waals surface area contributed by atoms with Crippen molar-refractivity contribution >= 4 is 33.8 Å². The Morgan fingerprint density at radius 3 is 2.86 bits per heavy atom. The van der Waals surface area contributed by atoms with Crippen LogP contribution in [0.5, 0.6) is 0 Å². The second-order valence-electron chi connectivity index (χ2n) is 5.11. The fourth-order valence-electron chi connectivity index (χ4n) is 2.36. The van der Waals surface area contributed by atoms with Gasteiger partial charge in [-0.25, -0.2) is 0 Å². The van der Waals surface area contributed by atoms with E-state index in [4.69, 9.17) is 12.2 Å². The van der Waals surface area contributed by atoms with Crippen molar-refractivity contribution in [2.24, 2.45) is 0 Å². The van der Waals surface area contributed by atoms with Gasteiger partial charge in [0, 0.05) is 17.3 Å². The van der Waals surface area contributed by atoms with Crippen LogP contribution in [0.4, 0.5) is 0 Å². The SMILES string of the molecule is Cc1cnccc1Cn1c(=S)[nH]c2sc(C)c(C)c2c1=O. The quantitative estimate of drug-likeness (QED) is 0.736. The van der Waals surface area contributed by atoms with Crippen molar-refractivity contribution in [3.63, 3.8) is 0 Å². The lowest BCUT2D eigenvalue weighted by molar-refractivity contribution is 0.730. The van der Waals surface area contributed by atoms with E-state index in [1.165, 1.54) is 0 Å². The minimum atomic E-state index is -0.0215. The number of fused-ring (bicyclic) bond motifs is 1. The molecule has 108 valence electrons. The number of aromatic amines is 1. The van der Waals surface area contributed by atoms with E-state index in [0.29, 0.717) is 11.3 Å². The third kappa shape index (κ3) is 2.34. The summed E-state index contributed by atoms with van der Waals surface area (Å²) in [6.07, 6.45) is 3.53. The van der Waals surface area contributed by atoms with Gasteiger partial charge in [0.05, 0.1) is 11.9 Å². The van der Waals surface area contributed by atoms with E-state index in [1.807, 2.05) is 26.8 Å². The first-order valence-corrected chi connectivity index (χ1v) is 7.84. The minimum Gasteiger partial charge on any atom is -0.323 e. The highest BCUT2D eigenvalue weighted by atomic mass is 32.1. The molecule has 1 N–H and O–H groups in total. The summed E-state index contributed by atoms with van der Waals surface area (Å²) in [4.78, 5) is 22.0. The van der Waals surface area contributed by atoms with Crippen molar-refractivity contribution < 1.29 is 0 Å². The lowest BCUT2D eigenvalue weighted by Crippen LogP contribution is -2.23. The van der Waals surface area contributed by atoms with Crippen LogP contribution in [0.1, 0.15) is 21.6 Å². The average Bonchev–Trinajstić information content (AvgIpc) is 2.72. The summed E-state index contributed by atoms with van der Waals surface area (Å²) in [7, 11) is 0. The van der Waals surface area contributed by atoms with Gasteiger partial charge in [-0.1, -0.05) is 0 Å². The lowest BCUT2D eigenvalue weighted by Gasteiger charge is -2.09. The van der Waals surface area contributed by atoms with Gasteiger partial charge in [-0.3, -0.25) is 14.3 Å². The van der Waals surface area contributed by atoms with E-state index < -0.39 is 0 Å². The van der Waals surface area contributed by atoms with Crippen molar-refractivity contribution in [2.75, 3.05) is 0 Å². The van der Waals surface area contributed by atoms with Crippen molar-refractivity contribution in [3.8, 4) is 0 Å². The fraction of sp³-hybridized carbons (Fsp3) is 0.267.